The first-order valence-electron chi connectivity index (χ1n) is 3.91. The van der Waals surface area contributed by atoms with Crippen LogP contribution in [-0.4, -0.2) is 23.8 Å². The third-order valence-corrected chi connectivity index (χ3v) is 2.30. The molecule has 14 heavy (non-hydrogen) atoms. The fraction of sp³-hybridized carbons (Fsp3) is 1.00. The molecule has 0 aromatic heterocycles. The van der Waals surface area contributed by atoms with E-state index in [0.717, 1.165) is 0 Å². The van der Waals surface area contributed by atoms with E-state index in [1.54, 1.807) is 6.92 Å². The van der Waals surface area contributed by atoms with Gasteiger partial charge in [-0.15, -0.1) is 0 Å². The molecule has 1 N–H and O–H groups in total. The Morgan fingerprint density at radius 2 is 2.00 bits per heavy atom. The molecule has 0 fully saturated rings. The van der Waals surface area contributed by atoms with Crippen LogP contribution in [0.1, 0.15) is 20.3 Å². The maximum atomic E-state index is 11.9. The minimum Gasteiger partial charge on any atom is -0.302 e. The number of hydrogen-bond donors (Lipinski definition) is 1. The Kier molecular flexibility index (Phi) is 5.08. The molecule has 0 bridgehead atoms. The molecule has 0 spiro atoms. The summed E-state index contributed by atoms with van der Waals surface area (Å²) in [5, 5.41) is 0. The summed E-state index contributed by atoms with van der Waals surface area (Å²) in [6.45, 7) is 2.16. The zero-order valence-electron chi connectivity index (χ0n) is 7.74. The van der Waals surface area contributed by atoms with Crippen LogP contribution in [0.4, 0.5) is 13.2 Å². The first-order chi connectivity index (χ1) is 6.19. The van der Waals surface area contributed by atoms with Crippen LogP contribution in [0.5, 0.6) is 0 Å². The molecule has 0 aliphatic heterocycles. The zero-order chi connectivity index (χ0) is 11.4. The Morgan fingerprint density at radius 3 is 2.36 bits per heavy atom. The van der Waals surface area contributed by atoms with Gasteiger partial charge in [-0.05, 0) is 13.3 Å². The topological polar surface area (TPSA) is 55.8 Å². The van der Waals surface area contributed by atoms with Crippen molar-refractivity contribution in [3.05, 3.63) is 0 Å². The van der Waals surface area contributed by atoms with Crippen LogP contribution in [0, 0.1) is 0 Å². The number of alkyl halides is 3. The van der Waals surface area contributed by atoms with Crippen molar-refractivity contribution in [2.24, 2.45) is 0 Å². The van der Waals surface area contributed by atoms with Crippen molar-refractivity contribution in [1.29, 1.82) is 0 Å². The van der Waals surface area contributed by atoms with E-state index < -0.39 is 20.1 Å². The fourth-order valence-corrected chi connectivity index (χ4v) is 1.49. The third kappa shape index (κ3) is 5.59. The van der Waals surface area contributed by atoms with Gasteiger partial charge in [0.15, 0.2) is 6.10 Å². The summed E-state index contributed by atoms with van der Waals surface area (Å²) in [5.74, 6) is 0. The lowest BCUT2D eigenvalue weighted by Gasteiger charge is -2.19. The van der Waals surface area contributed by atoms with Gasteiger partial charge in [-0.25, -0.2) is 4.57 Å². The lowest BCUT2D eigenvalue weighted by Crippen LogP contribution is -2.27. The lowest BCUT2D eigenvalue weighted by molar-refractivity contribution is -0.193. The van der Waals surface area contributed by atoms with Gasteiger partial charge in [-0.3, -0.25) is 9.05 Å². The highest BCUT2D eigenvalue weighted by atomic mass is 31.2. The summed E-state index contributed by atoms with van der Waals surface area (Å²) >= 11 is 0. The zero-order valence-corrected chi connectivity index (χ0v) is 8.64. The van der Waals surface area contributed by atoms with Crippen molar-refractivity contribution in [2.75, 3.05) is 6.61 Å². The molecule has 0 aromatic rings. The summed E-state index contributed by atoms with van der Waals surface area (Å²) in [5.41, 5.74) is 0. The Hall–Kier alpha value is -0.100. The molecule has 0 aliphatic carbocycles. The van der Waals surface area contributed by atoms with Crippen molar-refractivity contribution >= 4 is 7.82 Å². The molecule has 0 saturated heterocycles. The molecular formula is C6H12F3O4P. The molecule has 0 heterocycles. The normalized spacial score (nSPS) is 19.0. The lowest BCUT2D eigenvalue weighted by atomic mass is 10.4. The van der Waals surface area contributed by atoms with E-state index in [0.29, 0.717) is 13.3 Å². The Morgan fingerprint density at radius 1 is 1.50 bits per heavy atom. The summed E-state index contributed by atoms with van der Waals surface area (Å²) in [6, 6.07) is 0. The van der Waals surface area contributed by atoms with Crippen LogP contribution < -0.4 is 0 Å². The minimum absolute atomic E-state index is 0.127. The second-order valence-corrected chi connectivity index (χ2v) is 4.00. The average molecular weight is 236 g/mol. The predicted molar refractivity (Wildman–Crippen MR) is 42.7 cm³/mol. The van der Waals surface area contributed by atoms with E-state index in [2.05, 4.69) is 9.05 Å². The third-order valence-electron chi connectivity index (χ3n) is 1.21. The van der Waals surface area contributed by atoms with E-state index in [1.807, 2.05) is 0 Å². The summed E-state index contributed by atoms with van der Waals surface area (Å²) in [6.07, 6.45) is -6.59. The number of phosphoric ester groups is 1. The van der Waals surface area contributed by atoms with Crippen molar-refractivity contribution in [2.45, 2.75) is 32.5 Å². The quantitative estimate of drug-likeness (QED) is 0.745. The molecule has 2 atom stereocenters. The molecule has 4 nitrogen and oxygen atoms in total. The smallest absolute Gasteiger partial charge is 0.302 e. The second-order valence-electron chi connectivity index (χ2n) is 2.59. The monoisotopic (exact) mass is 236 g/mol. The number of hydrogen-bond acceptors (Lipinski definition) is 3. The number of halogens is 3. The van der Waals surface area contributed by atoms with Gasteiger partial charge >= 0.3 is 14.0 Å². The molecule has 0 aromatic carbocycles. The largest absolute Gasteiger partial charge is 0.472 e. The van der Waals surface area contributed by atoms with Crippen LogP contribution in [0.15, 0.2) is 0 Å². The second kappa shape index (κ2) is 5.11. The van der Waals surface area contributed by atoms with Crippen LogP contribution in [0.3, 0.4) is 0 Å². The maximum Gasteiger partial charge on any atom is 0.472 e. The molecule has 0 radical (unpaired) electrons. The molecule has 8 heteroatoms. The predicted octanol–water partition coefficient (Wildman–Crippen LogP) is 2.48. The SMILES string of the molecule is CCCOP(=O)(O)OC(C)C(F)(F)F. The van der Waals surface area contributed by atoms with Gasteiger partial charge < -0.3 is 4.89 Å². The highest BCUT2D eigenvalue weighted by Crippen LogP contribution is 2.46. The van der Waals surface area contributed by atoms with Gasteiger partial charge in [0.2, 0.25) is 0 Å². The van der Waals surface area contributed by atoms with Crippen LogP contribution >= 0.6 is 7.82 Å². The average Bonchev–Trinajstić information content (AvgIpc) is 1.98. The Labute approximate surface area is 79.6 Å². The van der Waals surface area contributed by atoms with E-state index >= 15 is 0 Å². The first kappa shape index (κ1) is 13.9. The minimum atomic E-state index is -4.67. The highest BCUT2D eigenvalue weighted by molar-refractivity contribution is 7.47. The van der Waals surface area contributed by atoms with E-state index in [-0.39, 0.29) is 6.61 Å². The molecular weight excluding hydrogens is 224 g/mol. The first-order valence-corrected chi connectivity index (χ1v) is 5.41. The molecule has 2 unspecified atom stereocenters. The Balaban J connectivity index is 4.15. The van der Waals surface area contributed by atoms with Gasteiger partial charge in [-0.1, -0.05) is 6.92 Å². The molecule has 0 amide bonds. The van der Waals surface area contributed by atoms with Crippen LogP contribution in [0.25, 0.3) is 0 Å². The summed E-state index contributed by atoms with van der Waals surface area (Å²) in [7, 11) is -4.58. The van der Waals surface area contributed by atoms with Gasteiger partial charge in [0, 0.05) is 0 Å². The van der Waals surface area contributed by atoms with Gasteiger partial charge in [0.25, 0.3) is 0 Å². The van der Waals surface area contributed by atoms with E-state index in [4.69, 9.17) is 4.89 Å². The van der Waals surface area contributed by atoms with E-state index in [9.17, 15) is 17.7 Å². The molecule has 0 rings (SSSR count). The number of rotatable bonds is 5. The van der Waals surface area contributed by atoms with Crippen molar-refractivity contribution in [1.82, 2.24) is 0 Å². The number of phosphoric acid groups is 1. The highest BCUT2D eigenvalue weighted by Gasteiger charge is 2.41. The maximum absolute atomic E-state index is 11.9. The van der Waals surface area contributed by atoms with Gasteiger partial charge in [0.1, 0.15) is 0 Å². The standard InChI is InChI=1S/C6H12F3O4P/c1-3-4-12-14(10,11)13-5(2)6(7,8)9/h5H,3-4H2,1-2H3,(H,10,11). The van der Waals surface area contributed by atoms with E-state index in [1.165, 1.54) is 0 Å². The molecule has 86 valence electrons. The van der Waals surface area contributed by atoms with Gasteiger partial charge in [-0.2, -0.15) is 13.2 Å². The van der Waals surface area contributed by atoms with Gasteiger partial charge in [0.05, 0.1) is 6.61 Å². The molecule has 0 saturated carbocycles. The Bertz CT molecular complexity index is 218. The van der Waals surface area contributed by atoms with Crippen LogP contribution in [-0.2, 0) is 13.6 Å². The summed E-state index contributed by atoms with van der Waals surface area (Å²) in [4.78, 5) is 8.79. The summed E-state index contributed by atoms with van der Waals surface area (Å²) < 4.78 is 54.6. The van der Waals surface area contributed by atoms with Crippen molar-refractivity contribution < 1.29 is 31.7 Å². The van der Waals surface area contributed by atoms with Crippen molar-refractivity contribution in [3.8, 4) is 0 Å². The molecule has 0 aliphatic rings. The van der Waals surface area contributed by atoms with Crippen LogP contribution in [0.2, 0.25) is 0 Å². The van der Waals surface area contributed by atoms with Crippen molar-refractivity contribution in [3.63, 3.8) is 0 Å². The fourth-order valence-electron chi connectivity index (χ4n) is 0.497.